The molecule has 4 aromatic rings. The van der Waals surface area contributed by atoms with Gasteiger partial charge in [0.05, 0.1) is 0 Å². The van der Waals surface area contributed by atoms with Crippen LogP contribution in [0.4, 0.5) is 0 Å². The zero-order valence-corrected chi connectivity index (χ0v) is 19.5. The van der Waals surface area contributed by atoms with Gasteiger partial charge in [0.25, 0.3) is 0 Å². The first kappa shape index (κ1) is 19.8. The number of rotatable bonds is 2. The van der Waals surface area contributed by atoms with Crippen LogP contribution in [0.3, 0.4) is 0 Å². The first-order chi connectivity index (χ1) is 14.0. The molecule has 7 heteroatoms. The molecule has 0 amide bonds. The van der Waals surface area contributed by atoms with Crippen molar-refractivity contribution in [1.29, 1.82) is 0 Å². The van der Waals surface area contributed by atoms with E-state index in [1.165, 1.54) is 0 Å². The molecule has 144 valence electrons. The van der Waals surface area contributed by atoms with Crippen LogP contribution >= 0.6 is 0 Å². The van der Waals surface area contributed by atoms with Crippen LogP contribution in [0.25, 0.3) is 10.9 Å². The molecule has 2 radical (unpaired) electrons. The molecule has 29 heavy (non-hydrogen) atoms. The molecule has 0 spiro atoms. The van der Waals surface area contributed by atoms with Gasteiger partial charge in [-0.2, -0.15) is 0 Å². The number of nitrogens with one attached hydrogen (secondary N) is 1. The van der Waals surface area contributed by atoms with Gasteiger partial charge in [-0.25, -0.2) is 0 Å². The molecule has 0 saturated carbocycles. The number of para-hydroxylation sites is 1. The first-order valence-corrected chi connectivity index (χ1v) is 13.8. The van der Waals surface area contributed by atoms with E-state index in [1.54, 1.807) is 30.5 Å². The number of carboxylic acids is 1. The number of aromatic nitrogens is 1. The number of carbonyl (C=O) groups excluding carboxylic acids is 1. The third-order valence-electron chi connectivity index (χ3n) is 4.56. The zero-order chi connectivity index (χ0) is 20.4. The summed E-state index contributed by atoms with van der Waals surface area (Å²) in [5, 5.41) is 11.3. The zero-order valence-electron chi connectivity index (χ0n) is 15.2. The number of hydrogen-bond donors (Lipinski definition) is 1. The van der Waals surface area contributed by atoms with Crippen molar-refractivity contribution in [3.63, 3.8) is 0 Å². The Morgan fingerprint density at radius 2 is 1.41 bits per heavy atom. The topological polar surface area (TPSA) is 90.1 Å². The Hall–Kier alpha value is -2.50. The number of carbonyl (C=O) groups is 1. The molecule has 1 aliphatic rings. The van der Waals surface area contributed by atoms with Gasteiger partial charge in [-0.1, -0.05) is 18.2 Å². The van der Waals surface area contributed by atoms with Crippen LogP contribution in [-0.4, -0.2) is 42.6 Å². The van der Waals surface area contributed by atoms with Crippen LogP contribution in [0, 0.1) is 0 Å². The van der Waals surface area contributed by atoms with Crippen molar-refractivity contribution in [1.82, 2.24) is 4.98 Å². The number of sulfone groups is 1. The van der Waals surface area contributed by atoms with Gasteiger partial charge in [0.1, 0.15) is 0 Å². The molecule has 2 heterocycles. The van der Waals surface area contributed by atoms with Crippen molar-refractivity contribution in [3.8, 4) is 0 Å². The maximum atomic E-state index is 12.3. The molecule has 1 N–H and O–H groups in total. The van der Waals surface area contributed by atoms with E-state index >= 15 is 0 Å². The second-order valence-corrected chi connectivity index (χ2v) is 13.0. The number of carboxylic acid groups (broad SMARTS) is 1. The van der Waals surface area contributed by atoms with Crippen LogP contribution in [0.5, 0.6) is 0 Å². The summed E-state index contributed by atoms with van der Waals surface area (Å²) in [5.74, 6) is -1.05. The monoisotopic (exact) mass is 599 g/mol. The molecule has 0 atom stereocenters. The molecular weight excluding hydrogens is 583 g/mol. The fourth-order valence-electron chi connectivity index (χ4n) is 3.24. The number of hydrogen-bond acceptors (Lipinski definition) is 4. The van der Waals surface area contributed by atoms with Gasteiger partial charge in [0.2, 0.25) is 0 Å². The second-order valence-electron chi connectivity index (χ2n) is 6.46. The van der Waals surface area contributed by atoms with E-state index in [2.05, 4.69) is 4.98 Å². The van der Waals surface area contributed by atoms with Crippen molar-refractivity contribution in [2.24, 2.45) is 0 Å². The van der Waals surface area contributed by atoms with Gasteiger partial charge < -0.3 is 14.9 Å². The number of aromatic amines is 1. The van der Waals surface area contributed by atoms with E-state index in [4.69, 9.17) is 0 Å². The fourth-order valence-corrected chi connectivity index (χ4v) is 12.0. The molecule has 0 bridgehead atoms. The standard InChI is InChI=1S/C12H8O2S.C10H9NO2.Bi/c13-15(14,11-7-3-1-4-8-11)12-9-5-2-6-10-12;12-10(13)5-7-6-11-9-4-2-1-3-8(7)9;/h1-7,9H;1-4,6,11H,5H2,(H,12,13);/q;;+1/p-1. The number of H-pyrrole nitrogens is 1. The molecule has 5 rings (SSSR count). The molecule has 3 aromatic carbocycles. The summed E-state index contributed by atoms with van der Waals surface area (Å²) in [5.41, 5.74) is 1.73. The maximum absolute atomic E-state index is 12.3. The second kappa shape index (κ2) is 8.09. The van der Waals surface area contributed by atoms with Crippen molar-refractivity contribution in [2.75, 3.05) is 0 Å². The predicted octanol–water partition coefficient (Wildman–Crippen LogP) is 0.948. The van der Waals surface area contributed by atoms with Gasteiger partial charge in [-0.05, 0) is 11.6 Å². The fraction of sp³-hybridized carbons (Fsp3) is 0.0455. The third-order valence-corrected chi connectivity index (χ3v) is 12.6. The van der Waals surface area contributed by atoms with Crippen molar-refractivity contribution in [2.45, 2.75) is 16.2 Å². The molecule has 0 unspecified atom stereocenters. The van der Waals surface area contributed by atoms with Crippen LogP contribution in [0.15, 0.2) is 88.8 Å². The van der Waals surface area contributed by atoms with Gasteiger partial charge >= 0.3 is 106 Å². The van der Waals surface area contributed by atoms with Crippen molar-refractivity contribution >= 4 is 56.5 Å². The van der Waals surface area contributed by atoms with Crippen LogP contribution in [0.2, 0.25) is 0 Å². The summed E-state index contributed by atoms with van der Waals surface area (Å²) in [4.78, 5) is 14.5. The third kappa shape index (κ3) is 3.98. The van der Waals surface area contributed by atoms with E-state index in [0.717, 1.165) is 23.0 Å². The molecular formula is C22H16BiNO4S. The Kier molecular flexibility index (Phi) is 5.53. The summed E-state index contributed by atoms with van der Waals surface area (Å²) in [6.07, 6.45) is 1.67. The molecule has 0 aliphatic carbocycles. The van der Waals surface area contributed by atoms with Crippen molar-refractivity contribution in [3.05, 3.63) is 84.6 Å². The molecule has 5 nitrogen and oxygen atoms in total. The van der Waals surface area contributed by atoms with Gasteiger partial charge in [0, 0.05) is 29.5 Å². The van der Waals surface area contributed by atoms with E-state index in [0.29, 0.717) is 9.79 Å². The summed E-state index contributed by atoms with van der Waals surface area (Å²) < 4.78 is 26.8. The summed E-state index contributed by atoms with van der Waals surface area (Å²) in [6.45, 7) is 0. The first-order valence-electron chi connectivity index (χ1n) is 8.86. The Morgan fingerprint density at radius 1 is 0.862 bits per heavy atom. The van der Waals surface area contributed by atoms with Gasteiger partial charge in [0.15, 0.2) is 0 Å². The summed E-state index contributed by atoms with van der Waals surface area (Å²) in [6, 6.07) is 22.4. The van der Waals surface area contributed by atoms with Crippen LogP contribution < -0.4 is 11.6 Å². The SMILES string of the molecule is O=C([O-])Cc1c[nH]c2ccccc12.O=S1(=O)c2cccc[c]2[Bi+][c]2ccccc21. The molecule has 0 fully saturated rings. The normalized spacial score (nSPS) is 13.7. The summed E-state index contributed by atoms with van der Waals surface area (Å²) >= 11 is -1.05. The predicted molar refractivity (Wildman–Crippen MR) is 110 cm³/mol. The number of fused-ring (bicyclic) bond motifs is 3. The average Bonchev–Trinajstić information content (AvgIpc) is 3.11. The minimum absolute atomic E-state index is 0.0377. The van der Waals surface area contributed by atoms with Gasteiger partial charge in [-0.15, -0.1) is 0 Å². The Balaban J connectivity index is 0.000000145. The summed E-state index contributed by atoms with van der Waals surface area (Å²) in [7, 11) is -3.26. The van der Waals surface area contributed by atoms with E-state index < -0.39 is 39.0 Å². The quantitative estimate of drug-likeness (QED) is 0.306. The van der Waals surface area contributed by atoms with Crippen LogP contribution in [0.1, 0.15) is 5.56 Å². The Labute approximate surface area is 179 Å². The number of benzene rings is 3. The van der Waals surface area contributed by atoms with Crippen molar-refractivity contribution < 1.29 is 18.3 Å². The van der Waals surface area contributed by atoms with E-state index in [-0.39, 0.29) is 6.42 Å². The average molecular weight is 599 g/mol. The molecule has 1 aliphatic heterocycles. The van der Waals surface area contributed by atoms with E-state index in [1.807, 2.05) is 48.5 Å². The Morgan fingerprint density at radius 3 is 2.03 bits per heavy atom. The number of aliphatic carboxylic acids is 1. The minimum atomic E-state index is -3.26. The Bertz CT molecular complexity index is 1260. The molecule has 1 aromatic heterocycles. The van der Waals surface area contributed by atoms with Gasteiger partial charge in [-0.3, -0.25) is 0 Å². The van der Waals surface area contributed by atoms with E-state index in [9.17, 15) is 18.3 Å². The molecule has 0 saturated heterocycles. The van der Waals surface area contributed by atoms with Crippen LogP contribution in [-0.2, 0) is 21.1 Å².